The highest BCUT2D eigenvalue weighted by Crippen LogP contribution is 2.45. The summed E-state index contributed by atoms with van der Waals surface area (Å²) < 4.78 is 0. The predicted molar refractivity (Wildman–Crippen MR) is 71.8 cm³/mol. The van der Waals surface area contributed by atoms with E-state index in [9.17, 15) is 4.79 Å². The van der Waals surface area contributed by atoms with E-state index in [1.165, 1.54) is 5.57 Å². The van der Waals surface area contributed by atoms with Gasteiger partial charge in [0.15, 0.2) is 0 Å². The Kier molecular flexibility index (Phi) is 4.25. The van der Waals surface area contributed by atoms with Crippen molar-refractivity contribution in [1.29, 1.82) is 0 Å². The Bertz CT molecular complexity index is 452. The molecule has 0 saturated heterocycles. The third-order valence-electron chi connectivity index (χ3n) is 3.20. The van der Waals surface area contributed by atoms with Crippen LogP contribution in [0.25, 0.3) is 0 Å². The molecule has 0 radical (unpaired) electrons. The van der Waals surface area contributed by atoms with Crippen LogP contribution in [0, 0.1) is 0 Å². The first-order chi connectivity index (χ1) is 8.22. The highest BCUT2D eigenvalue weighted by molar-refractivity contribution is 6.35. The summed E-state index contributed by atoms with van der Waals surface area (Å²) >= 11 is 12.1. The Balaban J connectivity index is 2.12. The maximum absolute atomic E-state index is 10.3. The summed E-state index contributed by atoms with van der Waals surface area (Å²) in [4.78, 5) is 10.3. The third-order valence-corrected chi connectivity index (χ3v) is 3.76. The van der Waals surface area contributed by atoms with Gasteiger partial charge in [-0.2, -0.15) is 0 Å². The van der Waals surface area contributed by atoms with Crippen LogP contribution in [0.3, 0.4) is 0 Å². The molecule has 0 heterocycles. The van der Waals surface area contributed by atoms with Gasteiger partial charge in [-0.05, 0) is 37.0 Å². The molecule has 1 fully saturated rings. The summed E-state index contributed by atoms with van der Waals surface area (Å²) in [6.45, 7) is 0. The minimum absolute atomic E-state index is 0.423. The molecule has 0 aliphatic heterocycles. The highest BCUT2D eigenvalue weighted by atomic mass is 35.5. The van der Waals surface area contributed by atoms with Gasteiger partial charge in [0.1, 0.15) is 6.29 Å². The van der Waals surface area contributed by atoms with Gasteiger partial charge in [0.2, 0.25) is 0 Å². The van der Waals surface area contributed by atoms with Crippen LogP contribution in [0.4, 0.5) is 0 Å². The fourth-order valence-corrected chi connectivity index (χ4v) is 2.72. The normalized spacial score (nSPS) is 21.3. The summed E-state index contributed by atoms with van der Waals surface area (Å²) in [5.74, 6) is 0.423. The second-order valence-electron chi connectivity index (χ2n) is 4.28. The quantitative estimate of drug-likeness (QED) is 0.437. The molecule has 1 atom stereocenters. The van der Waals surface area contributed by atoms with Crippen LogP contribution < -0.4 is 0 Å². The molecule has 2 rings (SSSR count). The second-order valence-corrected chi connectivity index (χ2v) is 5.12. The van der Waals surface area contributed by atoms with Crippen LogP contribution in [-0.4, -0.2) is 6.29 Å². The minimum atomic E-state index is 0.423. The number of allylic oxidation sites excluding steroid dienone is 2. The molecule has 1 aliphatic rings. The maximum atomic E-state index is 10.3. The van der Waals surface area contributed by atoms with E-state index < -0.39 is 0 Å². The zero-order valence-electron chi connectivity index (χ0n) is 9.46. The zero-order valence-corrected chi connectivity index (χ0v) is 11.0. The Morgan fingerprint density at radius 1 is 1.29 bits per heavy atom. The zero-order chi connectivity index (χ0) is 12.3. The SMILES string of the molecule is O=CCC/C=C1\CCC1c1ccc(Cl)cc1Cl. The number of carbonyl (C=O) groups is 1. The van der Waals surface area contributed by atoms with Crippen molar-refractivity contribution >= 4 is 29.5 Å². The highest BCUT2D eigenvalue weighted by Gasteiger charge is 2.26. The molecule has 0 N–H and O–H groups in total. The van der Waals surface area contributed by atoms with Crippen LogP contribution in [0.1, 0.15) is 37.2 Å². The molecule has 0 aromatic heterocycles. The molecule has 1 nitrogen and oxygen atoms in total. The molecule has 1 aromatic carbocycles. The molecule has 1 aliphatic carbocycles. The van der Waals surface area contributed by atoms with E-state index in [1.54, 1.807) is 6.07 Å². The molecule has 3 heteroatoms. The standard InChI is InChI=1S/C14H14Cl2O/c15-11-5-7-13(14(16)9-11)12-6-4-10(12)3-1-2-8-17/h3,5,7-9,12H,1-2,4,6H2/b10-3+. The molecule has 17 heavy (non-hydrogen) atoms. The summed E-state index contributed by atoms with van der Waals surface area (Å²) in [7, 11) is 0. The fourth-order valence-electron chi connectivity index (χ4n) is 2.18. The summed E-state index contributed by atoms with van der Waals surface area (Å²) in [6.07, 6.45) is 6.81. The average Bonchev–Trinajstić information content (AvgIpc) is 2.26. The van der Waals surface area contributed by atoms with E-state index in [2.05, 4.69) is 6.08 Å². The van der Waals surface area contributed by atoms with Gasteiger partial charge >= 0.3 is 0 Å². The molecule has 90 valence electrons. The van der Waals surface area contributed by atoms with Crippen molar-refractivity contribution in [3.05, 3.63) is 45.5 Å². The Morgan fingerprint density at radius 2 is 2.12 bits per heavy atom. The number of rotatable bonds is 4. The predicted octanol–water partition coefficient (Wildman–Crippen LogP) is 4.78. The van der Waals surface area contributed by atoms with Crippen molar-refractivity contribution in [3.8, 4) is 0 Å². The van der Waals surface area contributed by atoms with Gasteiger partial charge in [0, 0.05) is 22.4 Å². The third kappa shape index (κ3) is 2.91. The van der Waals surface area contributed by atoms with Crippen LogP contribution in [0.2, 0.25) is 10.0 Å². The molecule has 0 amide bonds. The summed E-state index contributed by atoms with van der Waals surface area (Å²) in [5.41, 5.74) is 2.55. The van der Waals surface area contributed by atoms with Crippen molar-refractivity contribution in [2.24, 2.45) is 0 Å². The van der Waals surface area contributed by atoms with E-state index in [-0.39, 0.29) is 0 Å². The number of hydrogen-bond donors (Lipinski definition) is 0. The van der Waals surface area contributed by atoms with Crippen LogP contribution in [-0.2, 0) is 4.79 Å². The Hall–Kier alpha value is -0.790. The number of aldehydes is 1. The van der Waals surface area contributed by atoms with Gasteiger partial charge in [-0.15, -0.1) is 0 Å². The van der Waals surface area contributed by atoms with Gasteiger partial charge in [-0.1, -0.05) is 40.9 Å². The topological polar surface area (TPSA) is 17.1 Å². The smallest absolute Gasteiger partial charge is 0.120 e. The lowest BCUT2D eigenvalue weighted by Gasteiger charge is -2.31. The number of halogens is 2. The van der Waals surface area contributed by atoms with Crippen LogP contribution in [0.15, 0.2) is 29.8 Å². The van der Waals surface area contributed by atoms with E-state index >= 15 is 0 Å². The van der Waals surface area contributed by atoms with Gasteiger partial charge in [0.05, 0.1) is 0 Å². The fraction of sp³-hybridized carbons (Fsp3) is 0.357. The number of carbonyl (C=O) groups excluding carboxylic acids is 1. The first-order valence-corrected chi connectivity index (χ1v) is 6.55. The van der Waals surface area contributed by atoms with Gasteiger partial charge in [-0.25, -0.2) is 0 Å². The summed E-state index contributed by atoms with van der Waals surface area (Å²) in [5, 5.41) is 1.41. The van der Waals surface area contributed by atoms with Crippen molar-refractivity contribution in [1.82, 2.24) is 0 Å². The van der Waals surface area contributed by atoms with Gasteiger partial charge < -0.3 is 4.79 Å². The van der Waals surface area contributed by atoms with Crippen molar-refractivity contribution in [2.75, 3.05) is 0 Å². The van der Waals surface area contributed by atoms with Crippen LogP contribution in [0.5, 0.6) is 0 Å². The molecular formula is C14H14Cl2O. The lowest BCUT2D eigenvalue weighted by Crippen LogP contribution is -2.14. The molecule has 0 spiro atoms. The van der Waals surface area contributed by atoms with E-state index in [4.69, 9.17) is 23.2 Å². The number of unbranched alkanes of at least 4 members (excludes halogenated alkanes) is 1. The molecule has 1 aromatic rings. The van der Waals surface area contributed by atoms with Crippen LogP contribution >= 0.6 is 23.2 Å². The lowest BCUT2D eigenvalue weighted by atomic mass is 9.74. The molecular weight excluding hydrogens is 255 g/mol. The van der Waals surface area contributed by atoms with Crippen molar-refractivity contribution in [2.45, 2.75) is 31.6 Å². The van der Waals surface area contributed by atoms with Crippen molar-refractivity contribution < 1.29 is 4.79 Å². The van der Waals surface area contributed by atoms with E-state index in [0.717, 1.165) is 36.1 Å². The first kappa shape index (κ1) is 12.7. The number of benzene rings is 1. The lowest BCUT2D eigenvalue weighted by molar-refractivity contribution is -0.107. The summed E-state index contributed by atoms with van der Waals surface area (Å²) in [6, 6.07) is 5.67. The molecule has 1 saturated carbocycles. The van der Waals surface area contributed by atoms with E-state index in [1.807, 2.05) is 12.1 Å². The number of hydrogen-bond acceptors (Lipinski definition) is 1. The molecule has 0 bridgehead atoms. The molecule has 1 unspecified atom stereocenters. The van der Waals surface area contributed by atoms with E-state index in [0.29, 0.717) is 17.4 Å². The van der Waals surface area contributed by atoms with Gasteiger partial charge in [0.25, 0.3) is 0 Å². The Labute approximate surface area is 111 Å². The van der Waals surface area contributed by atoms with Gasteiger partial charge in [-0.3, -0.25) is 0 Å². The second kappa shape index (κ2) is 5.70. The maximum Gasteiger partial charge on any atom is 0.120 e. The first-order valence-electron chi connectivity index (χ1n) is 5.80. The van der Waals surface area contributed by atoms with Crippen molar-refractivity contribution in [3.63, 3.8) is 0 Å². The monoisotopic (exact) mass is 268 g/mol. The minimum Gasteiger partial charge on any atom is -0.303 e. The Morgan fingerprint density at radius 3 is 2.71 bits per heavy atom. The average molecular weight is 269 g/mol. The largest absolute Gasteiger partial charge is 0.303 e.